The molecule has 2 saturated heterocycles. The number of nitrogens with one attached hydrogen (secondary N) is 1. The normalized spacial score (nSPS) is 26.4. The third-order valence-electron chi connectivity index (χ3n) is 6.86. The van der Waals surface area contributed by atoms with Crippen LogP contribution in [-0.2, 0) is 4.74 Å². The van der Waals surface area contributed by atoms with E-state index in [-0.39, 0.29) is 0 Å². The molecule has 6 rings (SSSR count). The smallest absolute Gasteiger partial charge is 0.253 e. The monoisotopic (exact) mass is 419 g/mol. The molecule has 0 bridgehead atoms. The maximum Gasteiger partial charge on any atom is 0.253 e. The molecule has 3 aromatic heterocycles. The molecule has 2 unspecified atom stereocenters. The van der Waals surface area contributed by atoms with Gasteiger partial charge < -0.3 is 15.0 Å². The summed E-state index contributed by atoms with van der Waals surface area (Å²) in [7, 11) is 0. The van der Waals surface area contributed by atoms with E-state index >= 15 is 0 Å². The fraction of sp³-hybridized carbons (Fsp3) is 0.565. The van der Waals surface area contributed by atoms with Gasteiger partial charge in [-0.1, -0.05) is 6.92 Å². The zero-order valence-electron chi connectivity index (χ0n) is 18.0. The first kappa shape index (κ1) is 19.1. The standard InChI is InChI=1S/C23H29N7O/c1-15-13-17(15)19-4-5-20-21(25-19)22(29-9-11-31-12-10-29)27-23(26-20)30-8-6-18(28-30)16-3-2-7-24-14-16/h4-6,8,15-17,24H,2-3,7,9-14H2,1H3/t15?,16?,17-/m1/s1. The van der Waals surface area contributed by atoms with Crippen molar-refractivity contribution in [1.82, 2.24) is 30.0 Å². The number of hydrogen-bond acceptors (Lipinski definition) is 7. The molecular weight excluding hydrogens is 390 g/mol. The Morgan fingerprint density at radius 3 is 2.71 bits per heavy atom. The van der Waals surface area contributed by atoms with Crippen LogP contribution in [0.15, 0.2) is 24.4 Å². The van der Waals surface area contributed by atoms with Gasteiger partial charge in [0.15, 0.2) is 5.82 Å². The summed E-state index contributed by atoms with van der Waals surface area (Å²) in [5.74, 6) is 3.25. The summed E-state index contributed by atoms with van der Waals surface area (Å²) in [6, 6.07) is 6.35. The Bertz CT molecular complexity index is 1080. The van der Waals surface area contributed by atoms with Crippen molar-refractivity contribution < 1.29 is 4.74 Å². The van der Waals surface area contributed by atoms with Crippen LogP contribution in [0, 0.1) is 5.92 Å². The van der Waals surface area contributed by atoms with E-state index in [0.717, 1.165) is 54.4 Å². The molecule has 3 aliphatic rings. The zero-order valence-corrected chi connectivity index (χ0v) is 18.0. The summed E-state index contributed by atoms with van der Waals surface area (Å²) in [6.07, 6.45) is 5.57. The van der Waals surface area contributed by atoms with Gasteiger partial charge in [-0.25, -0.2) is 14.6 Å². The van der Waals surface area contributed by atoms with Gasteiger partial charge in [-0.05, 0) is 49.9 Å². The van der Waals surface area contributed by atoms with Gasteiger partial charge in [-0.15, -0.1) is 0 Å². The zero-order chi connectivity index (χ0) is 20.8. The van der Waals surface area contributed by atoms with Gasteiger partial charge in [0.2, 0.25) is 0 Å². The first-order valence-electron chi connectivity index (χ1n) is 11.5. The molecule has 31 heavy (non-hydrogen) atoms. The van der Waals surface area contributed by atoms with Crippen LogP contribution in [0.1, 0.15) is 49.4 Å². The van der Waals surface area contributed by atoms with Crippen molar-refractivity contribution >= 4 is 16.9 Å². The third kappa shape index (κ3) is 3.68. The number of rotatable bonds is 4. The number of aromatic nitrogens is 5. The SMILES string of the molecule is CC1C[C@H]1c1ccc2nc(-n3ccc(C4CCCNC4)n3)nc(N3CCOCC3)c2n1. The number of morpholine rings is 1. The molecule has 0 aromatic carbocycles. The van der Waals surface area contributed by atoms with E-state index in [0.29, 0.717) is 36.9 Å². The molecule has 3 aromatic rings. The molecule has 1 N–H and O–H groups in total. The Hall–Kier alpha value is -2.58. The minimum absolute atomic E-state index is 0.457. The van der Waals surface area contributed by atoms with Gasteiger partial charge in [0, 0.05) is 43.4 Å². The van der Waals surface area contributed by atoms with E-state index in [9.17, 15) is 0 Å². The summed E-state index contributed by atoms with van der Waals surface area (Å²) in [4.78, 5) is 17.1. The molecule has 1 aliphatic carbocycles. The molecule has 8 heteroatoms. The van der Waals surface area contributed by atoms with Crippen LogP contribution in [0.3, 0.4) is 0 Å². The second kappa shape index (κ2) is 7.84. The van der Waals surface area contributed by atoms with Crippen LogP contribution in [0.5, 0.6) is 0 Å². The van der Waals surface area contributed by atoms with E-state index < -0.39 is 0 Å². The minimum atomic E-state index is 0.457. The van der Waals surface area contributed by atoms with Crippen molar-refractivity contribution in [3.05, 3.63) is 35.8 Å². The summed E-state index contributed by atoms with van der Waals surface area (Å²) in [5, 5.41) is 8.32. The van der Waals surface area contributed by atoms with E-state index in [4.69, 9.17) is 24.8 Å². The van der Waals surface area contributed by atoms with Gasteiger partial charge in [-0.3, -0.25) is 0 Å². The number of piperidine rings is 1. The first-order chi connectivity index (χ1) is 15.3. The van der Waals surface area contributed by atoms with Crippen LogP contribution in [0.4, 0.5) is 5.82 Å². The number of nitrogens with zero attached hydrogens (tertiary/aromatic N) is 6. The molecule has 0 radical (unpaired) electrons. The summed E-state index contributed by atoms with van der Waals surface area (Å²) in [6.45, 7) is 7.42. The number of pyridine rings is 1. The van der Waals surface area contributed by atoms with Crippen LogP contribution < -0.4 is 10.2 Å². The van der Waals surface area contributed by atoms with Crippen LogP contribution >= 0.6 is 0 Å². The second-order valence-electron chi connectivity index (χ2n) is 9.10. The van der Waals surface area contributed by atoms with Crippen LogP contribution in [0.25, 0.3) is 17.0 Å². The highest BCUT2D eigenvalue weighted by molar-refractivity contribution is 5.86. The molecule has 3 fully saturated rings. The lowest BCUT2D eigenvalue weighted by atomic mass is 9.97. The Morgan fingerprint density at radius 1 is 1.06 bits per heavy atom. The van der Waals surface area contributed by atoms with Crippen molar-refractivity contribution in [3.8, 4) is 5.95 Å². The van der Waals surface area contributed by atoms with Crippen molar-refractivity contribution in [2.24, 2.45) is 5.92 Å². The van der Waals surface area contributed by atoms with Gasteiger partial charge in [0.05, 0.1) is 24.4 Å². The molecule has 5 heterocycles. The molecule has 2 aliphatic heterocycles. The Balaban J connectivity index is 1.41. The van der Waals surface area contributed by atoms with E-state index in [1.807, 2.05) is 10.9 Å². The lowest BCUT2D eigenvalue weighted by Gasteiger charge is -2.28. The molecule has 3 atom stereocenters. The largest absolute Gasteiger partial charge is 0.378 e. The van der Waals surface area contributed by atoms with Crippen molar-refractivity contribution in [3.63, 3.8) is 0 Å². The van der Waals surface area contributed by atoms with Crippen LogP contribution in [-0.4, -0.2) is 64.1 Å². The Labute approximate surface area is 182 Å². The lowest BCUT2D eigenvalue weighted by Crippen LogP contribution is -2.37. The average Bonchev–Trinajstić information content (AvgIpc) is 3.35. The first-order valence-corrected chi connectivity index (χ1v) is 11.5. The van der Waals surface area contributed by atoms with Gasteiger partial charge in [-0.2, -0.15) is 10.1 Å². The summed E-state index contributed by atoms with van der Waals surface area (Å²) >= 11 is 0. The average molecular weight is 420 g/mol. The summed E-state index contributed by atoms with van der Waals surface area (Å²) < 4.78 is 7.40. The molecule has 162 valence electrons. The third-order valence-corrected chi connectivity index (χ3v) is 6.86. The minimum Gasteiger partial charge on any atom is -0.378 e. The van der Waals surface area contributed by atoms with E-state index in [2.05, 4.69) is 35.3 Å². The van der Waals surface area contributed by atoms with Gasteiger partial charge >= 0.3 is 0 Å². The lowest BCUT2D eigenvalue weighted by molar-refractivity contribution is 0.122. The fourth-order valence-electron chi connectivity index (χ4n) is 4.81. The quantitative estimate of drug-likeness (QED) is 0.696. The van der Waals surface area contributed by atoms with E-state index in [1.165, 1.54) is 19.3 Å². The maximum absolute atomic E-state index is 5.58. The number of ether oxygens (including phenoxy) is 1. The van der Waals surface area contributed by atoms with Crippen molar-refractivity contribution in [1.29, 1.82) is 0 Å². The predicted octanol–water partition coefficient (Wildman–Crippen LogP) is 2.64. The molecular formula is C23H29N7O. The number of anilines is 1. The number of hydrogen-bond donors (Lipinski definition) is 1. The van der Waals surface area contributed by atoms with Gasteiger partial charge in [0.25, 0.3) is 5.95 Å². The van der Waals surface area contributed by atoms with Crippen LogP contribution in [0.2, 0.25) is 0 Å². The molecule has 0 spiro atoms. The van der Waals surface area contributed by atoms with Crippen molar-refractivity contribution in [2.45, 2.75) is 38.0 Å². The topological polar surface area (TPSA) is 81.0 Å². The van der Waals surface area contributed by atoms with E-state index in [1.54, 1.807) is 0 Å². The number of fused-ring (bicyclic) bond motifs is 1. The summed E-state index contributed by atoms with van der Waals surface area (Å²) in [5.41, 5.74) is 4.04. The van der Waals surface area contributed by atoms with Crippen molar-refractivity contribution in [2.75, 3.05) is 44.3 Å². The highest BCUT2D eigenvalue weighted by Gasteiger charge is 2.35. The highest BCUT2D eigenvalue weighted by atomic mass is 16.5. The maximum atomic E-state index is 5.58. The highest BCUT2D eigenvalue weighted by Crippen LogP contribution is 2.46. The molecule has 8 nitrogen and oxygen atoms in total. The Morgan fingerprint density at radius 2 is 1.94 bits per heavy atom. The molecule has 0 amide bonds. The Kier molecular flexibility index (Phi) is 4.84. The molecule has 1 saturated carbocycles. The second-order valence-corrected chi connectivity index (χ2v) is 9.10. The predicted molar refractivity (Wildman–Crippen MR) is 119 cm³/mol. The fourth-order valence-corrected chi connectivity index (χ4v) is 4.81. The van der Waals surface area contributed by atoms with Gasteiger partial charge in [0.1, 0.15) is 5.52 Å².